The minimum Gasteiger partial charge on any atom is -0.406 e. The molecule has 0 spiro atoms. The lowest BCUT2D eigenvalue weighted by atomic mass is 10.00. The number of nitrogens with one attached hydrogen (secondary N) is 2. The number of carbonyl (C=O) groups is 1. The van der Waals surface area contributed by atoms with Crippen molar-refractivity contribution in [1.82, 2.24) is 18.8 Å². The number of likely N-dealkylation sites (N-methyl/N-ethyl adjacent to an activating group) is 1. The number of amides is 1. The monoisotopic (exact) mass is 447 g/mol. The van der Waals surface area contributed by atoms with E-state index in [2.05, 4.69) is 19.9 Å². The van der Waals surface area contributed by atoms with Crippen molar-refractivity contribution in [1.29, 1.82) is 0 Å². The first kappa shape index (κ1) is 22.1. The fraction of sp³-hybridized carbons (Fsp3) is 0.412. The van der Waals surface area contributed by atoms with Crippen LogP contribution < -0.4 is 14.8 Å². The van der Waals surface area contributed by atoms with Crippen molar-refractivity contribution in [3.63, 3.8) is 0 Å². The van der Waals surface area contributed by atoms with Gasteiger partial charge in [0.2, 0.25) is 5.91 Å². The molecule has 1 saturated heterocycles. The first-order valence-electron chi connectivity index (χ1n) is 8.78. The maximum Gasteiger partial charge on any atom is 0.573 e. The molecule has 1 amide bonds. The van der Waals surface area contributed by atoms with E-state index in [9.17, 15) is 26.4 Å². The zero-order valence-electron chi connectivity index (χ0n) is 16.3. The zero-order valence-corrected chi connectivity index (χ0v) is 17.1. The van der Waals surface area contributed by atoms with Gasteiger partial charge in [0.15, 0.2) is 0 Å². The Morgan fingerprint density at radius 2 is 1.90 bits per heavy atom. The average molecular weight is 447 g/mol. The van der Waals surface area contributed by atoms with E-state index in [0.717, 1.165) is 16.4 Å². The summed E-state index contributed by atoms with van der Waals surface area (Å²) in [7, 11) is -0.958. The molecule has 2 N–H and O–H groups in total. The number of nitrogens with zero attached hydrogens (tertiary/aromatic N) is 3. The number of hydrogen-bond donors (Lipinski definition) is 2. The summed E-state index contributed by atoms with van der Waals surface area (Å²) in [5, 5.41) is 6.73. The van der Waals surface area contributed by atoms with Crippen molar-refractivity contribution in [3.8, 4) is 5.75 Å². The standard InChI is InChI=1S/C17H20F3N5O4S/c1-10-13(9-24(2)22-10)14-8-15(25(3)30(27,28)23-14)16(26)21-11-4-6-12(7-5-11)29-17(18,19)20/h4-7,9,14-15,23H,8H2,1-3H3,(H,21,26)/t14-,15-/m0/s1. The van der Waals surface area contributed by atoms with Crippen LogP contribution in [0.2, 0.25) is 0 Å². The number of hydrogen-bond acceptors (Lipinski definition) is 5. The fourth-order valence-electron chi connectivity index (χ4n) is 3.24. The van der Waals surface area contributed by atoms with Crippen LogP contribution in [0.5, 0.6) is 5.75 Å². The second-order valence-corrected chi connectivity index (χ2v) is 8.61. The Morgan fingerprint density at radius 1 is 1.27 bits per heavy atom. The molecule has 1 aliphatic rings. The molecule has 2 atom stereocenters. The van der Waals surface area contributed by atoms with Gasteiger partial charge >= 0.3 is 6.36 Å². The molecular formula is C17H20F3N5O4S. The quantitative estimate of drug-likeness (QED) is 0.744. The van der Waals surface area contributed by atoms with Crippen molar-refractivity contribution in [2.75, 3.05) is 12.4 Å². The van der Waals surface area contributed by atoms with Gasteiger partial charge in [-0.2, -0.15) is 22.5 Å². The SMILES string of the molecule is Cc1nn(C)cc1[C@@H]1C[C@@H](C(=O)Nc2ccc(OC(F)(F)F)cc2)N(C)S(=O)(=O)N1. The highest BCUT2D eigenvalue weighted by atomic mass is 32.2. The third kappa shape index (κ3) is 4.91. The van der Waals surface area contributed by atoms with E-state index in [1.807, 2.05) is 0 Å². The van der Waals surface area contributed by atoms with Crippen LogP contribution >= 0.6 is 0 Å². The number of ether oxygens (including phenoxy) is 1. The van der Waals surface area contributed by atoms with E-state index in [0.29, 0.717) is 11.3 Å². The summed E-state index contributed by atoms with van der Waals surface area (Å²) in [6.07, 6.45) is -3.00. The molecule has 0 bridgehead atoms. The summed E-state index contributed by atoms with van der Waals surface area (Å²) in [4.78, 5) is 12.8. The number of halogens is 3. The molecule has 2 aromatic rings. The Kier molecular flexibility index (Phi) is 5.80. The molecule has 1 fully saturated rings. The predicted molar refractivity (Wildman–Crippen MR) is 101 cm³/mol. The molecule has 30 heavy (non-hydrogen) atoms. The molecule has 0 unspecified atom stereocenters. The molecule has 1 aliphatic heterocycles. The van der Waals surface area contributed by atoms with E-state index in [1.54, 1.807) is 24.9 Å². The summed E-state index contributed by atoms with van der Waals surface area (Å²) in [5.41, 5.74) is 1.49. The van der Waals surface area contributed by atoms with Crippen LogP contribution in [0.1, 0.15) is 23.7 Å². The highest BCUT2D eigenvalue weighted by Crippen LogP contribution is 2.30. The molecule has 1 aromatic heterocycles. The lowest BCUT2D eigenvalue weighted by Gasteiger charge is -2.36. The fourth-order valence-corrected chi connectivity index (χ4v) is 4.50. The van der Waals surface area contributed by atoms with Crippen molar-refractivity contribution >= 4 is 21.8 Å². The Hall–Kier alpha value is -2.64. The van der Waals surface area contributed by atoms with Crippen LogP contribution in [0, 0.1) is 6.92 Å². The second-order valence-electron chi connectivity index (χ2n) is 6.85. The van der Waals surface area contributed by atoms with Crippen molar-refractivity contribution in [2.45, 2.75) is 31.8 Å². The first-order chi connectivity index (χ1) is 13.9. The van der Waals surface area contributed by atoms with Gasteiger partial charge in [-0.05, 0) is 37.6 Å². The van der Waals surface area contributed by atoms with Crippen molar-refractivity contribution in [2.24, 2.45) is 7.05 Å². The van der Waals surface area contributed by atoms with Crippen LogP contribution in [-0.4, -0.2) is 47.9 Å². The van der Waals surface area contributed by atoms with Crippen LogP contribution in [0.15, 0.2) is 30.5 Å². The lowest BCUT2D eigenvalue weighted by molar-refractivity contribution is -0.274. The van der Waals surface area contributed by atoms with Gasteiger partial charge in [0.05, 0.1) is 11.7 Å². The third-order valence-electron chi connectivity index (χ3n) is 4.65. The molecule has 2 heterocycles. The van der Waals surface area contributed by atoms with Gasteiger partial charge in [0, 0.05) is 31.5 Å². The van der Waals surface area contributed by atoms with Crippen LogP contribution in [0.3, 0.4) is 0 Å². The van der Waals surface area contributed by atoms with E-state index < -0.39 is 40.3 Å². The minimum absolute atomic E-state index is 0.142. The lowest BCUT2D eigenvalue weighted by Crippen LogP contribution is -2.56. The van der Waals surface area contributed by atoms with E-state index >= 15 is 0 Å². The Bertz CT molecular complexity index is 1040. The highest BCUT2D eigenvalue weighted by Gasteiger charge is 2.41. The molecular weight excluding hydrogens is 427 g/mol. The maximum absolute atomic E-state index is 12.8. The number of aromatic nitrogens is 2. The van der Waals surface area contributed by atoms with Crippen molar-refractivity contribution in [3.05, 3.63) is 41.7 Å². The summed E-state index contributed by atoms with van der Waals surface area (Å²) in [6, 6.07) is 2.88. The Balaban J connectivity index is 1.77. The van der Waals surface area contributed by atoms with Gasteiger partial charge < -0.3 is 10.1 Å². The summed E-state index contributed by atoms with van der Waals surface area (Å²) in [5.74, 6) is -1.05. The first-order valence-corrected chi connectivity index (χ1v) is 10.2. The van der Waals surface area contributed by atoms with Gasteiger partial charge in [0.25, 0.3) is 10.2 Å². The van der Waals surface area contributed by atoms with Crippen molar-refractivity contribution < 1.29 is 31.1 Å². The summed E-state index contributed by atoms with van der Waals surface area (Å²) < 4.78 is 70.6. The molecule has 1 aromatic carbocycles. The smallest absolute Gasteiger partial charge is 0.406 e. The van der Waals surface area contributed by atoms with Gasteiger partial charge in [0.1, 0.15) is 11.8 Å². The maximum atomic E-state index is 12.8. The van der Waals surface area contributed by atoms with Gasteiger partial charge in [-0.15, -0.1) is 13.2 Å². The molecule has 0 radical (unpaired) electrons. The number of aryl methyl sites for hydroxylation is 2. The minimum atomic E-state index is -4.82. The number of anilines is 1. The van der Waals surface area contributed by atoms with Gasteiger partial charge in [-0.25, -0.2) is 0 Å². The largest absolute Gasteiger partial charge is 0.573 e. The molecule has 0 saturated carbocycles. The van der Waals surface area contributed by atoms with Crippen LogP contribution in [0.25, 0.3) is 0 Å². The molecule has 0 aliphatic carbocycles. The topological polar surface area (TPSA) is 106 Å². The van der Waals surface area contributed by atoms with E-state index in [-0.39, 0.29) is 12.1 Å². The average Bonchev–Trinajstić information content (AvgIpc) is 2.96. The van der Waals surface area contributed by atoms with E-state index in [1.165, 1.54) is 19.2 Å². The summed E-state index contributed by atoms with van der Waals surface area (Å²) in [6.45, 7) is 1.74. The molecule has 164 valence electrons. The second kappa shape index (κ2) is 7.89. The number of benzene rings is 1. The Labute approximate surface area is 171 Å². The number of alkyl halides is 3. The molecule has 9 nitrogen and oxygen atoms in total. The van der Waals surface area contributed by atoms with Gasteiger partial charge in [-0.1, -0.05) is 0 Å². The van der Waals surface area contributed by atoms with Crippen LogP contribution in [-0.2, 0) is 22.1 Å². The molecule has 13 heteroatoms. The van der Waals surface area contributed by atoms with Gasteiger partial charge in [-0.3, -0.25) is 9.48 Å². The number of rotatable bonds is 4. The summed E-state index contributed by atoms with van der Waals surface area (Å²) >= 11 is 0. The molecule has 3 rings (SSSR count). The van der Waals surface area contributed by atoms with E-state index in [4.69, 9.17) is 0 Å². The number of carbonyl (C=O) groups excluding carboxylic acids is 1. The van der Waals surface area contributed by atoms with Crippen LogP contribution in [0.4, 0.5) is 18.9 Å². The normalized spacial score (nSPS) is 21.9. The Morgan fingerprint density at radius 3 is 2.43 bits per heavy atom. The zero-order chi connectivity index (χ0) is 22.3. The predicted octanol–water partition coefficient (Wildman–Crippen LogP) is 1.85. The highest BCUT2D eigenvalue weighted by molar-refractivity contribution is 7.87. The third-order valence-corrected chi connectivity index (χ3v) is 6.25.